The Morgan fingerprint density at radius 1 is 1.24 bits per heavy atom. The second kappa shape index (κ2) is 8.05. The smallest absolute Gasteiger partial charge is 0.242 e. The molecule has 0 fully saturated rings. The Morgan fingerprint density at radius 2 is 2.07 bits per heavy atom. The highest BCUT2D eigenvalue weighted by molar-refractivity contribution is 7.07. The number of imidazole rings is 1. The summed E-state index contributed by atoms with van der Waals surface area (Å²) >= 11 is 1.51. The summed E-state index contributed by atoms with van der Waals surface area (Å²) in [5.74, 6) is 1.49. The maximum atomic E-state index is 13.1. The van der Waals surface area contributed by atoms with E-state index in [0.29, 0.717) is 12.4 Å². The fourth-order valence-corrected chi connectivity index (χ4v) is 3.92. The van der Waals surface area contributed by atoms with Crippen molar-refractivity contribution in [1.82, 2.24) is 19.4 Å². The number of nitrogens with zero attached hydrogens (tertiary/aromatic N) is 4. The van der Waals surface area contributed by atoms with E-state index >= 15 is 0 Å². The number of thiazole rings is 1. The van der Waals surface area contributed by atoms with E-state index in [4.69, 9.17) is 9.72 Å². The number of carbonyl (C=O) groups excluding carboxylic acids is 1. The van der Waals surface area contributed by atoms with Gasteiger partial charge in [-0.25, -0.2) is 9.97 Å². The Balaban J connectivity index is 1.62. The summed E-state index contributed by atoms with van der Waals surface area (Å²) in [6, 6.07) is 13.8. The van der Waals surface area contributed by atoms with E-state index in [1.54, 1.807) is 17.5 Å². The molecular formula is C22H22N4O2S. The Morgan fingerprint density at radius 3 is 2.83 bits per heavy atom. The Labute approximate surface area is 173 Å². The number of methoxy groups -OCH3 is 1. The molecule has 4 aromatic rings. The van der Waals surface area contributed by atoms with Crippen molar-refractivity contribution in [2.75, 3.05) is 14.2 Å². The van der Waals surface area contributed by atoms with E-state index in [1.807, 2.05) is 60.3 Å². The van der Waals surface area contributed by atoms with Crippen LogP contribution in [0, 0.1) is 6.92 Å². The fourth-order valence-electron chi connectivity index (χ4n) is 3.38. The standard InChI is InChI=1S/C22H22N4O2S/c1-15-8-9-20(28-3)16(10-15)11-25(2)21(27)12-26-19-7-5-4-6-17(19)24-22(26)18-13-29-14-23-18/h4-10,13-14H,11-12H2,1-3H3. The van der Waals surface area contributed by atoms with Crippen LogP contribution in [0.4, 0.5) is 0 Å². The zero-order valence-corrected chi connectivity index (χ0v) is 17.4. The van der Waals surface area contributed by atoms with Gasteiger partial charge in [0.1, 0.15) is 18.0 Å². The molecule has 0 bridgehead atoms. The summed E-state index contributed by atoms with van der Waals surface area (Å²) in [4.78, 5) is 23.9. The van der Waals surface area contributed by atoms with Gasteiger partial charge in [-0.1, -0.05) is 29.8 Å². The lowest BCUT2D eigenvalue weighted by atomic mass is 10.1. The predicted octanol–water partition coefficient (Wildman–Crippen LogP) is 4.14. The van der Waals surface area contributed by atoms with Gasteiger partial charge in [0.05, 0.1) is 23.7 Å². The van der Waals surface area contributed by atoms with Crippen molar-refractivity contribution in [3.63, 3.8) is 0 Å². The lowest BCUT2D eigenvalue weighted by Gasteiger charge is -2.20. The molecule has 29 heavy (non-hydrogen) atoms. The number of fused-ring (bicyclic) bond motifs is 1. The van der Waals surface area contributed by atoms with Crippen LogP contribution in [0.25, 0.3) is 22.6 Å². The summed E-state index contributed by atoms with van der Waals surface area (Å²) in [7, 11) is 3.46. The number of likely N-dealkylation sites (N-methyl/N-ethyl adjacent to an activating group) is 1. The molecule has 0 saturated carbocycles. The minimum Gasteiger partial charge on any atom is -0.496 e. The molecule has 0 unspecified atom stereocenters. The van der Waals surface area contributed by atoms with Gasteiger partial charge in [-0.05, 0) is 25.1 Å². The number of benzene rings is 2. The summed E-state index contributed by atoms with van der Waals surface area (Å²) in [6.07, 6.45) is 0. The van der Waals surface area contributed by atoms with Crippen LogP contribution < -0.4 is 4.74 Å². The number of amides is 1. The van der Waals surface area contributed by atoms with Gasteiger partial charge in [-0.15, -0.1) is 11.3 Å². The molecule has 0 N–H and O–H groups in total. The van der Waals surface area contributed by atoms with E-state index in [-0.39, 0.29) is 12.5 Å². The number of para-hydroxylation sites is 2. The van der Waals surface area contributed by atoms with Crippen LogP contribution in [-0.2, 0) is 17.9 Å². The Kier molecular flexibility index (Phi) is 5.31. The van der Waals surface area contributed by atoms with Crippen molar-refractivity contribution in [1.29, 1.82) is 0 Å². The molecule has 1 amide bonds. The van der Waals surface area contributed by atoms with Crippen LogP contribution >= 0.6 is 11.3 Å². The van der Waals surface area contributed by atoms with E-state index in [0.717, 1.165) is 33.6 Å². The lowest BCUT2D eigenvalue weighted by Crippen LogP contribution is -2.30. The molecule has 0 radical (unpaired) electrons. The van der Waals surface area contributed by atoms with Gasteiger partial charge in [0.15, 0.2) is 5.82 Å². The molecule has 2 heterocycles. The third-order valence-electron chi connectivity index (χ3n) is 4.88. The summed E-state index contributed by atoms with van der Waals surface area (Å²) < 4.78 is 7.39. The predicted molar refractivity (Wildman–Crippen MR) is 115 cm³/mol. The maximum absolute atomic E-state index is 13.1. The van der Waals surface area contributed by atoms with Crippen molar-refractivity contribution in [2.24, 2.45) is 0 Å². The molecule has 7 heteroatoms. The number of carbonyl (C=O) groups is 1. The van der Waals surface area contributed by atoms with Gasteiger partial charge < -0.3 is 14.2 Å². The second-order valence-corrected chi connectivity index (χ2v) is 7.67. The highest BCUT2D eigenvalue weighted by atomic mass is 32.1. The van der Waals surface area contributed by atoms with Gasteiger partial charge in [-0.2, -0.15) is 0 Å². The third-order valence-corrected chi connectivity index (χ3v) is 5.46. The summed E-state index contributed by atoms with van der Waals surface area (Å²) in [6.45, 7) is 2.70. The number of hydrogen-bond donors (Lipinski definition) is 0. The Hall–Kier alpha value is -3.19. The lowest BCUT2D eigenvalue weighted by molar-refractivity contribution is -0.131. The first-order chi connectivity index (χ1) is 14.1. The van der Waals surface area contributed by atoms with Crippen molar-refractivity contribution in [3.8, 4) is 17.3 Å². The summed E-state index contributed by atoms with van der Waals surface area (Å²) in [5, 5.41) is 1.95. The normalized spacial score (nSPS) is 11.0. The molecule has 4 rings (SSSR count). The maximum Gasteiger partial charge on any atom is 0.242 e. The number of ether oxygens (including phenoxy) is 1. The molecular weight excluding hydrogens is 384 g/mol. The van der Waals surface area contributed by atoms with Crippen molar-refractivity contribution < 1.29 is 9.53 Å². The fraction of sp³-hybridized carbons (Fsp3) is 0.227. The highest BCUT2D eigenvalue weighted by Crippen LogP contribution is 2.25. The first-order valence-electron chi connectivity index (χ1n) is 9.28. The monoisotopic (exact) mass is 406 g/mol. The van der Waals surface area contributed by atoms with Crippen LogP contribution in [0.3, 0.4) is 0 Å². The zero-order chi connectivity index (χ0) is 20.4. The quantitative estimate of drug-likeness (QED) is 0.483. The van der Waals surface area contributed by atoms with Gasteiger partial charge in [0.2, 0.25) is 5.91 Å². The van der Waals surface area contributed by atoms with Gasteiger partial charge in [0, 0.05) is 24.5 Å². The van der Waals surface area contributed by atoms with Crippen LogP contribution in [0.15, 0.2) is 53.4 Å². The second-order valence-electron chi connectivity index (χ2n) is 6.95. The first kappa shape index (κ1) is 19.1. The average Bonchev–Trinajstić information content (AvgIpc) is 3.36. The summed E-state index contributed by atoms with van der Waals surface area (Å²) in [5.41, 5.74) is 6.45. The topological polar surface area (TPSA) is 60.2 Å². The average molecular weight is 407 g/mol. The molecule has 0 spiro atoms. The molecule has 0 aliphatic carbocycles. The first-order valence-corrected chi connectivity index (χ1v) is 10.2. The molecule has 148 valence electrons. The third kappa shape index (κ3) is 3.86. The number of rotatable bonds is 6. The van der Waals surface area contributed by atoms with Crippen LogP contribution in [0.2, 0.25) is 0 Å². The highest BCUT2D eigenvalue weighted by Gasteiger charge is 2.19. The molecule has 2 aromatic heterocycles. The number of aryl methyl sites for hydroxylation is 1. The molecule has 6 nitrogen and oxygen atoms in total. The van der Waals surface area contributed by atoms with Gasteiger partial charge in [0.25, 0.3) is 0 Å². The van der Waals surface area contributed by atoms with E-state index in [9.17, 15) is 4.79 Å². The molecule has 2 aromatic carbocycles. The molecule has 0 aliphatic heterocycles. The molecule has 0 atom stereocenters. The number of aromatic nitrogens is 3. The van der Waals surface area contributed by atoms with Crippen molar-refractivity contribution in [2.45, 2.75) is 20.0 Å². The Bertz CT molecular complexity index is 1150. The van der Waals surface area contributed by atoms with Crippen molar-refractivity contribution >= 4 is 28.3 Å². The van der Waals surface area contributed by atoms with Crippen LogP contribution in [-0.4, -0.2) is 39.5 Å². The largest absolute Gasteiger partial charge is 0.496 e. The van der Waals surface area contributed by atoms with E-state index < -0.39 is 0 Å². The minimum atomic E-state index is -0.00630. The molecule has 0 saturated heterocycles. The minimum absolute atomic E-state index is 0.00630. The zero-order valence-electron chi connectivity index (χ0n) is 16.6. The SMILES string of the molecule is COc1ccc(C)cc1CN(C)C(=O)Cn1c(-c2cscn2)nc2ccccc21. The van der Waals surface area contributed by atoms with Gasteiger partial charge >= 0.3 is 0 Å². The van der Waals surface area contributed by atoms with E-state index in [1.165, 1.54) is 11.3 Å². The van der Waals surface area contributed by atoms with E-state index in [2.05, 4.69) is 11.1 Å². The van der Waals surface area contributed by atoms with Crippen LogP contribution in [0.5, 0.6) is 5.75 Å². The molecule has 0 aliphatic rings. The van der Waals surface area contributed by atoms with Crippen molar-refractivity contribution in [3.05, 3.63) is 64.5 Å². The van der Waals surface area contributed by atoms with Gasteiger partial charge in [-0.3, -0.25) is 4.79 Å². The number of hydrogen-bond acceptors (Lipinski definition) is 5. The van der Waals surface area contributed by atoms with Crippen LogP contribution in [0.1, 0.15) is 11.1 Å².